The van der Waals surface area contributed by atoms with Gasteiger partial charge in [-0.15, -0.1) is 0 Å². The SMILES string of the molecule is O=NC12CCCC1CNC2. The van der Waals surface area contributed by atoms with Crippen LogP contribution in [0.5, 0.6) is 0 Å². The first kappa shape index (κ1) is 6.28. The summed E-state index contributed by atoms with van der Waals surface area (Å²) in [7, 11) is 0. The van der Waals surface area contributed by atoms with Crippen molar-refractivity contribution in [2.45, 2.75) is 24.8 Å². The predicted octanol–water partition coefficient (Wildman–Crippen LogP) is 0.895. The first-order valence-corrected chi connectivity index (χ1v) is 3.93. The van der Waals surface area contributed by atoms with Gasteiger partial charge in [-0.25, -0.2) is 0 Å². The van der Waals surface area contributed by atoms with E-state index in [4.69, 9.17) is 0 Å². The lowest BCUT2D eigenvalue weighted by Crippen LogP contribution is -2.30. The lowest BCUT2D eigenvalue weighted by Gasteiger charge is -2.17. The molecular weight excluding hydrogens is 128 g/mol. The zero-order chi connectivity index (χ0) is 7.03. The van der Waals surface area contributed by atoms with E-state index in [1.165, 1.54) is 12.8 Å². The topological polar surface area (TPSA) is 41.5 Å². The number of hydrogen-bond donors (Lipinski definition) is 1. The fourth-order valence-corrected chi connectivity index (χ4v) is 2.27. The summed E-state index contributed by atoms with van der Waals surface area (Å²) < 4.78 is 0. The Morgan fingerprint density at radius 3 is 3.20 bits per heavy atom. The standard InChI is InChI=1S/C7H12N2O/c10-9-7-3-1-2-6(7)4-8-5-7/h6,8H,1-5H2. The quantitative estimate of drug-likeness (QED) is 0.550. The van der Waals surface area contributed by atoms with Crippen LogP contribution in [0.25, 0.3) is 0 Å². The molecule has 0 radical (unpaired) electrons. The van der Waals surface area contributed by atoms with Gasteiger partial charge in [-0.05, 0) is 12.8 Å². The minimum Gasteiger partial charge on any atom is -0.314 e. The first-order chi connectivity index (χ1) is 4.87. The summed E-state index contributed by atoms with van der Waals surface area (Å²) in [6.45, 7) is 1.83. The molecule has 0 bridgehead atoms. The molecule has 1 aliphatic heterocycles. The molecule has 56 valence electrons. The Kier molecular flexibility index (Phi) is 1.27. The van der Waals surface area contributed by atoms with E-state index in [1.54, 1.807) is 0 Å². The third kappa shape index (κ3) is 0.639. The van der Waals surface area contributed by atoms with Crippen molar-refractivity contribution in [1.82, 2.24) is 5.32 Å². The van der Waals surface area contributed by atoms with Gasteiger partial charge in [0.2, 0.25) is 0 Å². The van der Waals surface area contributed by atoms with Gasteiger partial charge in [0.15, 0.2) is 0 Å². The Balaban J connectivity index is 2.23. The molecule has 1 saturated heterocycles. The zero-order valence-electron chi connectivity index (χ0n) is 5.97. The highest BCUT2D eigenvalue weighted by Crippen LogP contribution is 2.40. The minimum absolute atomic E-state index is 0.194. The van der Waals surface area contributed by atoms with E-state index in [0.29, 0.717) is 5.92 Å². The van der Waals surface area contributed by atoms with Gasteiger partial charge in [0, 0.05) is 19.0 Å². The number of hydrogen-bond acceptors (Lipinski definition) is 3. The van der Waals surface area contributed by atoms with Crippen LogP contribution in [0.15, 0.2) is 5.18 Å². The number of nitrogens with zero attached hydrogens (tertiary/aromatic N) is 1. The molecule has 0 aromatic heterocycles. The summed E-state index contributed by atoms with van der Waals surface area (Å²) in [5, 5.41) is 6.49. The summed E-state index contributed by atoms with van der Waals surface area (Å²) >= 11 is 0. The highest BCUT2D eigenvalue weighted by Gasteiger charge is 2.47. The van der Waals surface area contributed by atoms with E-state index >= 15 is 0 Å². The summed E-state index contributed by atoms with van der Waals surface area (Å²) in [6, 6.07) is 0. The van der Waals surface area contributed by atoms with Gasteiger partial charge in [-0.1, -0.05) is 11.6 Å². The number of nitrogens with one attached hydrogen (secondary N) is 1. The zero-order valence-corrected chi connectivity index (χ0v) is 5.97. The highest BCUT2D eigenvalue weighted by atomic mass is 16.3. The van der Waals surface area contributed by atoms with Crippen LogP contribution in [0.2, 0.25) is 0 Å². The van der Waals surface area contributed by atoms with Gasteiger partial charge in [0.05, 0.1) is 0 Å². The van der Waals surface area contributed by atoms with Crippen molar-refractivity contribution in [2.75, 3.05) is 13.1 Å². The smallest absolute Gasteiger partial charge is 0.119 e. The fourth-order valence-electron chi connectivity index (χ4n) is 2.27. The molecule has 2 fully saturated rings. The van der Waals surface area contributed by atoms with Gasteiger partial charge >= 0.3 is 0 Å². The van der Waals surface area contributed by atoms with Gasteiger partial charge in [-0.2, -0.15) is 4.91 Å². The van der Waals surface area contributed by atoms with Crippen molar-refractivity contribution in [3.63, 3.8) is 0 Å². The summed E-state index contributed by atoms with van der Waals surface area (Å²) in [6.07, 6.45) is 3.39. The van der Waals surface area contributed by atoms with Crippen LogP contribution < -0.4 is 5.32 Å². The van der Waals surface area contributed by atoms with Crippen LogP contribution in [-0.4, -0.2) is 18.6 Å². The molecule has 3 heteroatoms. The average molecular weight is 140 g/mol. The van der Waals surface area contributed by atoms with Crippen LogP contribution in [-0.2, 0) is 0 Å². The lowest BCUT2D eigenvalue weighted by atomic mass is 9.92. The predicted molar refractivity (Wildman–Crippen MR) is 38.7 cm³/mol. The van der Waals surface area contributed by atoms with E-state index in [2.05, 4.69) is 10.5 Å². The molecule has 1 saturated carbocycles. The molecule has 2 atom stereocenters. The van der Waals surface area contributed by atoms with Crippen molar-refractivity contribution < 1.29 is 0 Å². The van der Waals surface area contributed by atoms with Crippen molar-refractivity contribution in [3.8, 4) is 0 Å². The average Bonchev–Trinajstić information content (AvgIpc) is 2.42. The molecule has 2 aliphatic rings. The van der Waals surface area contributed by atoms with Gasteiger partial charge in [0.1, 0.15) is 5.54 Å². The van der Waals surface area contributed by atoms with Gasteiger partial charge in [0.25, 0.3) is 0 Å². The van der Waals surface area contributed by atoms with Crippen LogP contribution in [0.3, 0.4) is 0 Å². The molecule has 0 aromatic rings. The van der Waals surface area contributed by atoms with Crippen LogP contribution in [0.4, 0.5) is 0 Å². The maximum absolute atomic E-state index is 10.5. The summed E-state index contributed by atoms with van der Waals surface area (Å²) in [4.78, 5) is 10.5. The number of nitroso groups, excluding NO2 is 1. The largest absolute Gasteiger partial charge is 0.314 e. The highest BCUT2D eigenvalue weighted by molar-refractivity contribution is 5.05. The third-order valence-electron chi connectivity index (χ3n) is 2.93. The molecular formula is C7H12N2O. The van der Waals surface area contributed by atoms with Crippen LogP contribution >= 0.6 is 0 Å². The van der Waals surface area contributed by atoms with Crippen molar-refractivity contribution in [1.29, 1.82) is 0 Å². The second-order valence-electron chi connectivity index (χ2n) is 3.41. The lowest BCUT2D eigenvalue weighted by molar-refractivity contribution is 0.402. The van der Waals surface area contributed by atoms with Crippen molar-refractivity contribution in [2.24, 2.45) is 11.1 Å². The Labute approximate surface area is 60.2 Å². The molecule has 2 rings (SSSR count). The molecule has 0 aromatic carbocycles. The molecule has 0 amide bonds. The van der Waals surface area contributed by atoms with Crippen LogP contribution in [0.1, 0.15) is 19.3 Å². The molecule has 3 nitrogen and oxygen atoms in total. The molecule has 1 heterocycles. The van der Waals surface area contributed by atoms with E-state index in [0.717, 1.165) is 19.5 Å². The van der Waals surface area contributed by atoms with E-state index in [9.17, 15) is 4.91 Å². The molecule has 2 unspecified atom stereocenters. The van der Waals surface area contributed by atoms with Crippen molar-refractivity contribution in [3.05, 3.63) is 4.91 Å². The second kappa shape index (κ2) is 2.02. The van der Waals surface area contributed by atoms with Gasteiger partial charge in [-0.3, -0.25) is 0 Å². The Morgan fingerprint density at radius 1 is 1.60 bits per heavy atom. The first-order valence-electron chi connectivity index (χ1n) is 3.93. The fraction of sp³-hybridized carbons (Fsp3) is 1.00. The third-order valence-corrected chi connectivity index (χ3v) is 2.93. The van der Waals surface area contributed by atoms with E-state index in [1.807, 2.05) is 0 Å². The molecule has 1 N–H and O–H groups in total. The Hall–Kier alpha value is -0.440. The maximum atomic E-state index is 10.5. The number of fused-ring (bicyclic) bond motifs is 1. The Morgan fingerprint density at radius 2 is 2.50 bits per heavy atom. The summed E-state index contributed by atoms with van der Waals surface area (Å²) in [5.41, 5.74) is -0.194. The van der Waals surface area contributed by atoms with Crippen molar-refractivity contribution >= 4 is 0 Å². The second-order valence-corrected chi connectivity index (χ2v) is 3.41. The van der Waals surface area contributed by atoms with Crippen LogP contribution in [0, 0.1) is 10.8 Å². The molecule has 0 spiro atoms. The normalized spacial score (nSPS) is 45.4. The van der Waals surface area contributed by atoms with Gasteiger partial charge < -0.3 is 5.32 Å². The van der Waals surface area contributed by atoms with E-state index in [-0.39, 0.29) is 5.54 Å². The number of rotatable bonds is 1. The molecule has 1 aliphatic carbocycles. The minimum atomic E-state index is -0.194. The van der Waals surface area contributed by atoms with E-state index < -0.39 is 0 Å². The molecule has 10 heavy (non-hydrogen) atoms. The Bertz CT molecular complexity index is 148. The maximum Gasteiger partial charge on any atom is 0.119 e. The monoisotopic (exact) mass is 140 g/mol. The summed E-state index contributed by atoms with van der Waals surface area (Å²) in [5.74, 6) is 0.546.